The lowest BCUT2D eigenvalue weighted by atomic mass is 10.1. The summed E-state index contributed by atoms with van der Waals surface area (Å²) in [6.45, 7) is 3.62. The summed E-state index contributed by atoms with van der Waals surface area (Å²) in [5, 5.41) is 2.61. The van der Waals surface area contributed by atoms with Crippen LogP contribution in [0.3, 0.4) is 0 Å². The molecule has 4 nitrogen and oxygen atoms in total. The second-order valence-electron chi connectivity index (χ2n) is 3.98. The van der Waals surface area contributed by atoms with E-state index >= 15 is 0 Å². The van der Waals surface area contributed by atoms with Crippen LogP contribution in [0.1, 0.15) is 22.8 Å². The van der Waals surface area contributed by atoms with Crippen molar-refractivity contribution in [3.63, 3.8) is 0 Å². The van der Waals surface area contributed by atoms with Gasteiger partial charge in [-0.1, -0.05) is 18.6 Å². The molecule has 1 aromatic rings. The zero-order valence-corrected chi connectivity index (χ0v) is 12.8. The molecule has 0 aromatic heterocycles. The minimum atomic E-state index is -3.04. The number of rotatable bonds is 5. The van der Waals surface area contributed by atoms with Crippen molar-refractivity contribution in [2.45, 2.75) is 13.8 Å². The van der Waals surface area contributed by atoms with Crippen LogP contribution in [0.4, 0.5) is 0 Å². The van der Waals surface area contributed by atoms with E-state index in [1.807, 2.05) is 13.0 Å². The highest BCUT2D eigenvalue weighted by molar-refractivity contribution is 9.10. The van der Waals surface area contributed by atoms with Crippen LogP contribution in [0, 0.1) is 6.92 Å². The largest absolute Gasteiger partial charge is 0.351 e. The number of sulfone groups is 1. The molecule has 0 unspecified atom stereocenters. The molecule has 18 heavy (non-hydrogen) atoms. The summed E-state index contributed by atoms with van der Waals surface area (Å²) in [4.78, 5) is 11.9. The van der Waals surface area contributed by atoms with Crippen LogP contribution in [0.25, 0.3) is 0 Å². The molecule has 0 heterocycles. The molecule has 0 spiro atoms. The van der Waals surface area contributed by atoms with Gasteiger partial charge in [-0.05, 0) is 35.0 Å². The van der Waals surface area contributed by atoms with Gasteiger partial charge in [-0.25, -0.2) is 8.42 Å². The molecule has 0 saturated heterocycles. The molecule has 0 bridgehead atoms. The summed E-state index contributed by atoms with van der Waals surface area (Å²) < 4.78 is 23.3. The number of benzene rings is 1. The highest BCUT2D eigenvalue weighted by Gasteiger charge is 2.12. The van der Waals surface area contributed by atoms with Crippen LogP contribution in [0.15, 0.2) is 22.7 Å². The van der Waals surface area contributed by atoms with E-state index in [-0.39, 0.29) is 24.0 Å². The van der Waals surface area contributed by atoms with Gasteiger partial charge in [-0.2, -0.15) is 0 Å². The van der Waals surface area contributed by atoms with Crippen LogP contribution in [0.5, 0.6) is 0 Å². The van der Waals surface area contributed by atoms with Crippen molar-refractivity contribution in [1.82, 2.24) is 5.32 Å². The fourth-order valence-corrected chi connectivity index (χ4v) is 2.50. The van der Waals surface area contributed by atoms with Gasteiger partial charge in [0.25, 0.3) is 5.91 Å². The van der Waals surface area contributed by atoms with Gasteiger partial charge in [-0.15, -0.1) is 0 Å². The minimum absolute atomic E-state index is 0.0291. The van der Waals surface area contributed by atoms with E-state index in [1.165, 1.54) is 0 Å². The van der Waals surface area contributed by atoms with Crippen LogP contribution in [0.2, 0.25) is 0 Å². The molecule has 0 fully saturated rings. The van der Waals surface area contributed by atoms with Gasteiger partial charge in [-0.3, -0.25) is 4.79 Å². The normalized spacial score (nSPS) is 11.3. The monoisotopic (exact) mass is 333 g/mol. The Morgan fingerprint density at radius 2 is 2.06 bits per heavy atom. The first-order valence-electron chi connectivity index (χ1n) is 5.60. The molecule has 100 valence electrons. The summed E-state index contributed by atoms with van der Waals surface area (Å²) in [7, 11) is -3.04. The van der Waals surface area contributed by atoms with E-state index in [4.69, 9.17) is 0 Å². The Bertz CT molecular complexity index is 540. The first kappa shape index (κ1) is 15.2. The zero-order valence-electron chi connectivity index (χ0n) is 10.4. The Labute approximate surface area is 116 Å². The van der Waals surface area contributed by atoms with Gasteiger partial charge >= 0.3 is 0 Å². The number of carbonyl (C=O) groups is 1. The number of nitrogens with one attached hydrogen (secondary N) is 1. The molecular weight excluding hydrogens is 318 g/mol. The molecule has 0 saturated carbocycles. The maximum atomic E-state index is 11.9. The van der Waals surface area contributed by atoms with Crippen molar-refractivity contribution < 1.29 is 13.2 Å². The third-order valence-electron chi connectivity index (χ3n) is 2.50. The highest BCUT2D eigenvalue weighted by Crippen LogP contribution is 2.17. The zero-order chi connectivity index (χ0) is 13.8. The van der Waals surface area contributed by atoms with Crippen molar-refractivity contribution in [1.29, 1.82) is 0 Å². The number of hydrogen-bond acceptors (Lipinski definition) is 3. The van der Waals surface area contributed by atoms with Gasteiger partial charge < -0.3 is 5.32 Å². The van der Waals surface area contributed by atoms with E-state index < -0.39 is 9.84 Å². The molecule has 6 heteroatoms. The molecule has 0 aliphatic heterocycles. The summed E-state index contributed by atoms with van der Waals surface area (Å²) in [6, 6.07) is 5.45. The molecule has 1 N–H and O–H groups in total. The molecule has 0 aliphatic carbocycles. The predicted molar refractivity (Wildman–Crippen MR) is 75.5 cm³/mol. The van der Waals surface area contributed by atoms with Gasteiger partial charge in [0.1, 0.15) is 0 Å². The molecule has 1 amide bonds. The Balaban J connectivity index is 2.64. The Morgan fingerprint density at radius 3 is 2.67 bits per heavy atom. The summed E-state index contributed by atoms with van der Waals surface area (Å²) in [5.41, 5.74) is 1.49. The van der Waals surface area contributed by atoms with Gasteiger partial charge in [0.15, 0.2) is 9.84 Å². The van der Waals surface area contributed by atoms with Gasteiger partial charge in [0, 0.05) is 16.8 Å². The Kier molecular flexibility index (Phi) is 5.34. The summed E-state index contributed by atoms with van der Waals surface area (Å²) in [6.07, 6.45) is 0. The van der Waals surface area contributed by atoms with Crippen molar-refractivity contribution in [3.05, 3.63) is 33.8 Å². The van der Waals surface area contributed by atoms with Gasteiger partial charge in [0.05, 0.1) is 11.3 Å². The maximum absolute atomic E-state index is 11.9. The average Bonchev–Trinajstić information content (AvgIpc) is 2.32. The second kappa shape index (κ2) is 6.33. The third kappa shape index (κ3) is 4.42. The number of hydrogen-bond donors (Lipinski definition) is 1. The fraction of sp³-hybridized carbons (Fsp3) is 0.417. The van der Waals surface area contributed by atoms with Crippen LogP contribution in [-0.2, 0) is 9.84 Å². The number of halogens is 1. The van der Waals surface area contributed by atoms with Crippen LogP contribution >= 0.6 is 15.9 Å². The summed E-state index contributed by atoms with van der Waals surface area (Å²) in [5.74, 6) is -0.202. The topological polar surface area (TPSA) is 63.2 Å². The molecule has 0 atom stereocenters. The third-order valence-corrected chi connectivity index (χ3v) is 4.90. The van der Waals surface area contributed by atoms with Crippen LogP contribution < -0.4 is 5.32 Å². The quantitative estimate of drug-likeness (QED) is 0.895. The number of amides is 1. The molecule has 1 aromatic carbocycles. The van der Waals surface area contributed by atoms with Crippen molar-refractivity contribution in [3.8, 4) is 0 Å². The second-order valence-corrected chi connectivity index (χ2v) is 7.30. The Morgan fingerprint density at radius 1 is 1.39 bits per heavy atom. The number of carbonyl (C=O) groups excluding carboxylic acids is 1. The lowest BCUT2D eigenvalue weighted by Crippen LogP contribution is -2.29. The van der Waals surface area contributed by atoms with Crippen molar-refractivity contribution in [2.75, 3.05) is 18.1 Å². The van der Waals surface area contributed by atoms with Crippen LogP contribution in [-0.4, -0.2) is 32.4 Å². The smallest absolute Gasteiger partial charge is 0.252 e. The van der Waals surface area contributed by atoms with Crippen molar-refractivity contribution in [2.24, 2.45) is 0 Å². The lowest BCUT2D eigenvalue weighted by Gasteiger charge is -2.07. The van der Waals surface area contributed by atoms with E-state index in [9.17, 15) is 13.2 Å². The molecule has 1 rings (SSSR count). The number of aryl methyl sites for hydroxylation is 1. The van der Waals surface area contributed by atoms with E-state index in [0.29, 0.717) is 10.0 Å². The fourth-order valence-electron chi connectivity index (χ4n) is 1.37. The highest BCUT2D eigenvalue weighted by atomic mass is 79.9. The van der Waals surface area contributed by atoms with E-state index in [2.05, 4.69) is 21.2 Å². The maximum Gasteiger partial charge on any atom is 0.252 e. The van der Waals surface area contributed by atoms with Crippen molar-refractivity contribution >= 4 is 31.7 Å². The first-order valence-corrected chi connectivity index (χ1v) is 8.22. The first-order chi connectivity index (χ1) is 8.35. The lowest BCUT2D eigenvalue weighted by molar-refractivity contribution is 0.0955. The van der Waals surface area contributed by atoms with E-state index in [0.717, 1.165) is 5.56 Å². The van der Waals surface area contributed by atoms with Gasteiger partial charge in [0.2, 0.25) is 0 Å². The SMILES string of the molecule is CCS(=O)(=O)CCNC(=O)c1cc(C)ccc1Br. The molecule has 0 radical (unpaired) electrons. The van der Waals surface area contributed by atoms with E-state index in [1.54, 1.807) is 19.1 Å². The molecular formula is C12H16BrNO3S. The standard InChI is InChI=1S/C12H16BrNO3S/c1-3-18(16,17)7-6-14-12(15)10-8-9(2)4-5-11(10)13/h4-5,8H,3,6-7H2,1-2H3,(H,14,15). The Hall–Kier alpha value is -0.880. The average molecular weight is 334 g/mol. The summed E-state index contributed by atoms with van der Waals surface area (Å²) >= 11 is 3.30. The molecule has 0 aliphatic rings. The predicted octanol–water partition coefficient (Wildman–Crippen LogP) is 1.92. The minimum Gasteiger partial charge on any atom is -0.351 e.